The van der Waals surface area contributed by atoms with Crippen molar-refractivity contribution in [3.8, 4) is 0 Å². The van der Waals surface area contributed by atoms with Crippen LogP contribution in [-0.4, -0.2) is 32.4 Å². The highest BCUT2D eigenvalue weighted by atomic mass is 35.7. The van der Waals surface area contributed by atoms with Crippen molar-refractivity contribution in [2.45, 2.75) is 18.0 Å². The minimum absolute atomic E-state index is 2.55. The molecule has 0 aliphatic rings. The predicted octanol–water partition coefficient (Wildman–Crippen LogP) is 1.85. The molecule has 0 aliphatic carbocycles. The molecule has 0 saturated carbocycles. The first-order chi connectivity index (χ1) is 7.13. The highest BCUT2D eigenvalue weighted by Gasteiger charge is 2.77. The van der Waals surface area contributed by atoms with E-state index in [4.69, 9.17) is 0 Å². The molecule has 17 heavy (non-hydrogen) atoms. The number of rotatable bonds is 3. The SMILES string of the molecule is O=C(OS(=O)(=O)Cl)C(F)(F)C(F)(F)C(F)(F)F. The van der Waals surface area contributed by atoms with Crippen LogP contribution in [0.3, 0.4) is 0 Å². The standard InChI is InChI=1S/C4ClF7O4S/c5-17(14,15)16-1(13)2(6,7)3(8,9)4(10,11)12. The molecule has 0 amide bonds. The zero-order valence-corrected chi connectivity index (χ0v) is 8.64. The van der Waals surface area contributed by atoms with Crippen molar-refractivity contribution >= 4 is 26.0 Å². The van der Waals surface area contributed by atoms with Gasteiger partial charge in [0.15, 0.2) is 0 Å². The summed E-state index contributed by atoms with van der Waals surface area (Å²) in [5.41, 5.74) is 0. The molecule has 0 aromatic heterocycles. The van der Waals surface area contributed by atoms with E-state index in [1.807, 2.05) is 0 Å². The van der Waals surface area contributed by atoms with Gasteiger partial charge in [-0.25, -0.2) is 4.79 Å². The summed E-state index contributed by atoms with van der Waals surface area (Å²) in [5.74, 6) is -16.9. The molecule has 4 nitrogen and oxygen atoms in total. The molecule has 0 heterocycles. The summed E-state index contributed by atoms with van der Waals surface area (Å²) in [6.07, 6.45) is -6.79. The van der Waals surface area contributed by atoms with Gasteiger partial charge in [-0.3, -0.25) is 0 Å². The van der Waals surface area contributed by atoms with Gasteiger partial charge in [0.2, 0.25) is 0 Å². The van der Waals surface area contributed by atoms with Gasteiger partial charge in [0, 0.05) is 0 Å². The fourth-order valence-electron chi connectivity index (χ4n) is 0.449. The monoisotopic (exact) mass is 312 g/mol. The van der Waals surface area contributed by atoms with Crippen molar-refractivity contribution in [2.24, 2.45) is 0 Å². The van der Waals surface area contributed by atoms with E-state index in [1.165, 1.54) is 0 Å². The number of halogens is 8. The number of hydrogen-bond donors (Lipinski definition) is 0. The van der Waals surface area contributed by atoms with Crippen LogP contribution in [0.2, 0.25) is 0 Å². The summed E-state index contributed by atoms with van der Waals surface area (Å²) in [6.45, 7) is 0. The van der Waals surface area contributed by atoms with Crippen LogP contribution < -0.4 is 0 Å². The summed E-state index contributed by atoms with van der Waals surface area (Å²) >= 11 is 0. The van der Waals surface area contributed by atoms with Gasteiger partial charge >= 0.3 is 33.3 Å². The summed E-state index contributed by atoms with van der Waals surface area (Å²) in [6, 6.07) is 0. The first-order valence-electron chi connectivity index (χ1n) is 3.14. The smallest absolute Gasteiger partial charge is 0.328 e. The molecule has 0 bridgehead atoms. The van der Waals surface area contributed by atoms with Crippen LogP contribution in [0.5, 0.6) is 0 Å². The Kier molecular flexibility index (Phi) is 3.96. The Labute approximate surface area is 92.9 Å². The van der Waals surface area contributed by atoms with E-state index in [0.29, 0.717) is 0 Å². The lowest BCUT2D eigenvalue weighted by atomic mass is 10.1. The third-order valence-corrected chi connectivity index (χ3v) is 1.72. The van der Waals surface area contributed by atoms with Crippen LogP contribution >= 0.6 is 10.7 Å². The Bertz CT molecular complexity index is 412. The average Bonchev–Trinajstić information content (AvgIpc) is 1.97. The lowest BCUT2D eigenvalue weighted by Gasteiger charge is -2.25. The number of alkyl halides is 7. The normalized spacial score (nSPS) is 14.6. The van der Waals surface area contributed by atoms with E-state index in [9.17, 15) is 43.9 Å². The minimum Gasteiger partial charge on any atom is -0.328 e. The molecule has 0 rings (SSSR count). The summed E-state index contributed by atoms with van der Waals surface area (Å²) in [4.78, 5) is 10.2. The Morgan fingerprint density at radius 1 is 1.00 bits per heavy atom. The molecule has 0 atom stereocenters. The summed E-state index contributed by atoms with van der Waals surface area (Å²) < 4.78 is 106. The molecule has 0 aromatic carbocycles. The van der Waals surface area contributed by atoms with Gasteiger partial charge in [-0.15, -0.1) is 0 Å². The second-order valence-corrected chi connectivity index (χ2v) is 4.50. The molecule has 0 radical (unpaired) electrons. The Morgan fingerprint density at radius 2 is 1.35 bits per heavy atom. The number of carbonyl (C=O) groups excluding carboxylic acids is 1. The third kappa shape index (κ3) is 3.34. The predicted molar refractivity (Wildman–Crippen MR) is 36.8 cm³/mol. The maximum absolute atomic E-state index is 12.4. The van der Waals surface area contributed by atoms with Crippen molar-refractivity contribution in [1.29, 1.82) is 0 Å². The maximum Gasteiger partial charge on any atom is 0.460 e. The Hall–Kier alpha value is -0.780. The first kappa shape index (κ1) is 16.2. The molecule has 0 saturated heterocycles. The van der Waals surface area contributed by atoms with Crippen LogP contribution in [0.15, 0.2) is 0 Å². The van der Waals surface area contributed by atoms with E-state index in [2.05, 4.69) is 14.9 Å². The fourth-order valence-corrected chi connectivity index (χ4v) is 0.906. The van der Waals surface area contributed by atoms with Crippen molar-refractivity contribution in [3.63, 3.8) is 0 Å². The van der Waals surface area contributed by atoms with Gasteiger partial charge in [-0.2, -0.15) is 39.2 Å². The van der Waals surface area contributed by atoms with Crippen LogP contribution in [0, 0.1) is 0 Å². The van der Waals surface area contributed by atoms with E-state index in [-0.39, 0.29) is 0 Å². The zero-order chi connectivity index (χ0) is 14.3. The molecule has 0 aliphatic heterocycles. The van der Waals surface area contributed by atoms with E-state index in [0.717, 1.165) is 0 Å². The van der Waals surface area contributed by atoms with Crippen LogP contribution in [0.1, 0.15) is 0 Å². The van der Waals surface area contributed by atoms with Gasteiger partial charge in [0.1, 0.15) is 0 Å². The maximum atomic E-state index is 12.4. The third-order valence-electron chi connectivity index (χ3n) is 1.18. The number of carbonyl (C=O) groups is 1. The quantitative estimate of drug-likeness (QED) is 0.589. The van der Waals surface area contributed by atoms with Crippen molar-refractivity contribution in [3.05, 3.63) is 0 Å². The first-order valence-corrected chi connectivity index (χ1v) is 5.37. The zero-order valence-electron chi connectivity index (χ0n) is 7.06. The molecule has 13 heteroatoms. The molecule has 0 N–H and O–H groups in total. The second kappa shape index (κ2) is 4.15. The fraction of sp³-hybridized carbons (Fsp3) is 0.750. The van der Waals surface area contributed by atoms with Gasteiger partial charge in [0.05, 0.1) is 10.7 Å². The topological polar surface area (TPSA) is 60.4 Å². The lowest BCUT2D eigenvalue weighted by Crippen LogP contribution is -2.56. The van der Waals surface area contributed by atoms with E-state index in [1.54, 1.807) is 0 Å². The highest BCUT2D eigenvalue weighted by Crippen LogP contribution is 2.47. The van der Waals surface area contributed by atoms with Crippen LogP contribution in [0.4, 0.5) is 30.7 Å². The molecule has 0 fully saturated rings. The molecule has 102 valence electrons. The summed E-state index contributed by atoms with van der Waals surface area (Å²) in [7, 11) is -1.40. The van der Waals surface area contributed by atoms with Crippen molar-refractivity contribution in [2.75, 3.05) is 0 Å². The molecule has 0 aromatic rings. The van der Waals surface area contributed by atoms with Crippen LogP contribution in [0.25, 0.3) is 0 Å². The molecule has 0 spiro atoms. The largest absolute Gasteiger partial charge is 0.460 e. The average molecular weight is 313 g/mol. The Morgan fingerprint density at radius 3 is 1.59 bits per heavy atom. The van der Waals surface area contributed by atoms with Gasteiger partial charge < -0.3 is 4.18 Å². The molecular weight excluding hydrogens is 313 g/mol. The van der Waals surface area contributed by atoms with E-state index < -0.39 is 33.3 Å². The van der Waals surface area contributed by atoms with Crippen LogP contribution in [-0.2, 0) is 18.3 Å². The lowest BCUT2D eigenvalue weighted by molar-refractivity contribution is -0.346. The van der Waals surface area contributed by atoms with E-state index >= 15 is 0 Å². The van der Waals surface area contributed by atoms with Gasteiger partial charge in [-0.05, 0) is 0 Å². The van der Waals surface area contributed by atoms with Gasteiger partial charge in [0.25, 0.3) is 0 Å². The number of hydrogen-bond acceptors (Lipinski definition) is 4. The van der Waals surface area contributed by atoms with Gasteiger partial charge in [-0.1, -0.05) is 0 Å². The molecular formula is C4ClF7O4S. The second-order valence-electron chi connectivity index (χ2n) is 2.41. The van der Waals surface area contributed by atoms with Crippen molar-refractivity contribution in [1.82, 2.24) is 0 Å². The minimum atomic E-state index is -6.81. The highest BCUT2D eigenvalue weighted by molar-refractivity contribution is 8.10. The summed E-state index contributed by atoms with van der Waals surface area (Å²) in [5, 5.41) is 0. The van der Waals surface area contributed by atoms with Crippen molar-refractivity contribution < 1.29 is 48.1 Å². The Balaban J connectivity index is 5.36. The molecule has 0 unspecified atom stereocenters.